The SMILES string of the molecule is CC(O)CCCNCc1ccc(C(=O)O)s1. The maximum Gasteiger partial charge on any atom is 0.345 e. The van der Waals surface area contributed by atoms with Crippen LogP contribution in [-0.4, -0.2) is 28.8 Å². The summed E-state index contributed by atoms with van der Waals surface area (Å²) in [5.74, 6) is -0.870. The standard InChI is InChI=1S/C11H17NO3S/c1-8(13)3-2-6-12-7-9-4-5-10(16-9)11(14)15/h4-5,8,12-13H,2-3,6-7H2,1H3,(H,14,15). The van der Waals surface area contributed by atoms with Gasteiger partial charge in [-0.25, -0.2) is 4.79 Å². The van der Waals surface area contributed by atoms with E-state index in [0.717, 1.165) is 24.3 Å². The molecular formula is C11H17NO3S. The normalized spacial score (nSPS) is 12.6. The van der Waals surface area contributed by atoms with E-state index in [0.29, 0.717) is 11.4 Å². The second-order valence-corrected chi connectivity index (χ2v) is 4.91. The first-order valence-corrected chi connectivity index (χ1v) is 6.12. The summed E-state index contributed by atoms with van der Waals surface area (Å²) in [6.45, 7) is 3.31. The molecule has 0 fully saturated rings. The lowest BCUT2D eigenvalue weighted by Crippen LogP contribution is -2.15. The molecule has 1 unspecified atom stereocenters. The third-order valence-electron chi connectivity index (χ3n) is 2.15. The molecule has 0 aromatic carbocycles. The molecule has 0 saturated carbocycles. The highest BCUT2D eigenvalue weighted by Crippen LogP contribution is 2.15. The Kier molecular flexibility index (Phi) is 5.45. The van der Waals surface area contributed by atoms with Gasteiger partial charge in [0, 0.05) is 11.4 Å². The van der Waals surface area contributed by atoms with Crippen LogP contribution in [0.2, 0.25) is 0 Å². The first kappa shape index (κ1) is 13.2. The van der Waals surface area contributed by atoms with E-state index in [9.17, 15) is 4.79 Å². The second-order valence-electron chi connectivity index (χ2n) is 3.74. The van der Waals surface area contributed by atoms with Crippen molar-refractivity contribution < 1.29 is 15.0 Å². The summed E-state index contributed by atoms with van der Waals surface area (Å²) >= 11 is 1.29. The number of carboxylic acid groups (broad SMARTS) is 1. The summed E-state index contributed by atoms with van der Waals surface area (Å²) in [7, 11) is 0. The fourth-order valence-corrected chi connectivity index (χ4v) is 2.14. The first-order valence-electron chi connectivity index (χ1n) is 5.30. The van der Waals surface area contributed by atoms with E-state index >= 15 is 0 Å². The minimum atomic E-state index is -0.870. The summed E-state index contributed by atoms with van der Waals surface area (Å²) in [6, 6.07) is 3.45. The summed E-state index contributed by atoms with van der Waals surface area (Å²) in [6.07, 6.45) is 1.47. The van der Waals surface area contributed by atoms with Gasteiger partial charge in [0.1, 0.15) is 4.88 Å². The Morgan fingerprint density at radius 1 is 1.56 bits per heavy atom. The number of nitrogens with one attached hydrogen (secondary N) is 1. The highest BCUT2D eigenvalue weighted by Gasteiger charge is 2.06. The molecule has 16 heavy (non-hydrogen) atoms. The van der Waals surface area contributed by atoms with Gasteiger partial charge >= 0.3 is 5.97 Å². The van der Waals surface area contributed by atoms with Crippen molar-refractivity contribution in [2.24, 2.45) is 0 Å². The predicted molar refractivity (Wildman–Crippen MR) is 63.9 cm³/mol. The van der Waals surface area contributed by atoms with Crippen molar-refractivity contribution in [1.82, 2.24) is 5.32 Å². The van der Waals surface area contributed by atoms with Gasteiger partial charge in [-0.15, -0.1) is 11.3 Å². The maximum absolute atomic E-state index is 10.6. The molecule has 3 N–H and O–H groups in total. The van der Waals surface area contributed by atoms with Crippen LogP contribution in [0.5, 0.6) is 0 Å². The molecule has 0 saturated heterocycles. The molecule has 0 radical (unpaired) electrons. The zero-order chi connectivity index (χ0) is 12.0. The fraction of sp³-hybridized carbons (Fsp3) is 0.545. The number of aliphatic hydroxyl groups excluding tert-OH is 1. The Morgan fingerprint density at radius 3 is 2.88 bits per heavy atom. The van der Waals surface area contributed by atoms with Gasteiger partial charge in [0.25, 0.3) is 0 Å². The minimum Gasteiger partial charge on any atom is -0.477 e. The van der Waals surface area contributed by atoms with Crippen molar-refractivity contribution >= 4 is 17.3 Å². The number of carboxylic acids is 1. The molecule has 1 rings (SSSR count). The topological polar surface area (TPSA) is 69.6 Å². The Labute approximate surface area is 98.9 Å². The second kappa shape index (κ2) is 6.62. The van der Waals surface area contributed by atoms with Gasteiger partial charge in [-0.2, -0.15) is 0 Å². The molecule has 1 heterocycles. The molecule has 1 atom stereocenters. The van der Waals surface area contributed by atoms with Crippen LogP contribution in [0.3, 0.4) is 0 Å². The van der Waals surface area contributed by atoms with E-state index in [2.05, 4.69) is 5.32 Å². The monoisotopic (exact) mass is 243 g/mol. The van der Waals surface area contributed by atoms with Crippen LogP contribution in [0.15, 0.2) is 12.1 Å². The van der Waals surface area contributed by atoms with Gasteiger partial charge in [-0.05, 0) is 38.4 Å². The van der Waals surface area contributed by atoms with Crippen molar-refractivity contribution in [3.63, 3.8) is 0 Å². The first-order chi connectivity index (χ1) is 7.59. The zero-order valence-electron chi connectivity index (χ0n) is 9.27. The van der Waals surface area contributed by atoms with Crippen molar-refractivity contribution in [3.05, 3.63) is 21.9 Å². The largest absolute Gasteiger partial charge is 0.477 e. The van der Waals surface area contributed by atoms with E-state index in [1.54, 1.807) is 13.0 Å². The van der Waals surface area contributed by atoms with Crippen molar-refractivity contribution in [2.75, 3.05) is 6.54 Å². The van der Waals surface area contributed by atoms with E-state index in [1.807, 2.05) is 6.07 Å². The molecule has 0 bridgehead atoms. The van der Waals surface area contributed by atoms with Crippen LogP contribution in [0, 0.1) is 0 Å². The fourth-order valence-electron chi connectivity index (χ4n) is 1.32. The van der Waals surface area contributed by atoms with Crippen molar-refractivity contribution in [3.8, 4) is 0 Å². The Morgan fingerprint density at radius 2 is 2.31 bits per heavy atom. The van der Waals surface area contributed by atoms with Crippen LogP contribution >= 0.6 is 11.3 Å². The van der Waals surface area contributed by atoms with Crippen LogP contribution in [0.1, 0.15) is 34.3 Å². The van der Waals surface area contributed by atoms with Gasteiger partial charge in [0.15, 0.2) is 0 Å². The molecule has 0 aliphatic heterocycles. The molecular weight excluding hydrogens is 226 g/mol. The van der Waals surface area contributed by atoms with E-state index in [-0.39, 0.29) is 6.10 Å². The van der Waals surface area contributed by atoms with Gasteiger partial charge < -0.3 is 15.5 Å². The molecule has 0 spiro atoms. The lowest BCUT2D eigenvalue weighted by Gasteiger charge is -2.04. The molecule has 1 aromatic rings. The summed E-state index contributed by atoms with van der Waals surface area (Å²) in [4.78, 5) is 12.0. The Bertz CT molecular complexity index is 336. The average molecular weight is 243 g/mol. The summed E-state index contributed by atoms with van der Waals surface area (Å²) < 4.78 is 0. The summed E-state index contributed by atoms with van der Waals surface area (Å²) in [5.41, 5.74) is 0. The van der Waals surface area contributed by atoms with Crippen LogP contribution in [0.4, 0.5) is 0 Å². The van der Waals surface area contributed by atoms with Crippen molar-refractivity contribution in [2.45, 2.75) is 32.4 Å². The van der Waals surface area contributed by atoms with Crippen LogP contribution in [-0.2, 0) is 6.54 Å². The number of hydrogen-bond donors (Lipinski definition) is 3. The van der Waals surface area contributed by atoms with Gasteiger partial charge in [0.2, 0.25) is 0 Å². The van der Waals surface area contributed by atoms with Crippen LogP contribution < -0.4 is 5.32 Å². The van der Waals surface area contributed by atoms with Gasteiger partial charge in [0.05, 0.1) is 6.10 Å². The number of thiophene rings is 1. The van der Waals surface area contributed by atoms with E-state index < -0.39 is 5.97 Å². The Hall–Kier alpha value is -0.910. The third kappa shape index (κ3) is 4.74. The van der Waals surface area contributed by atoms with E-state index in [4.69, 9.17) is 10.2 Å². The molecule has 0 aliphatic carbocycles. The average Bonchev–Trinajstić information content (AvgIpc) is 2.65. The number of carbonyl (C=O) groups is 1. The molecule has 90 valence electrons. The zero-order valence-corrected chi connectivity index (χ0v) is 10.1. The predicted octanol–water partition coefficient (Wildman–Crippen LogP) is 1.70. The van der Waals surface area contributed by atoms with Gasteiger partial charge in [-0.3, -0.25) is 0 Å². The smallest absolute Gasteiger partial charge is 0.345 e. The minimum absolute atomic E-state index is 0.248. The lowest BCUT2D eigenvalue weighted by atomic mass is 10.2. The molecule has 0 amide bonds. The van der Waals surface area contributed by atoms with Crippen LogP contribution in [0.25, 0.3) is 0 Å². The quantitative estimate of drug-likeness (QED) is 0.637. The third-order valence-corrected chi connectivity index (χ3v) is 3.22. The molecule has 5 heteroatoms. The molecule has 4 nitrogen and oxygen atoms in total. The lowest BCUT2D eigenvalue weighted by molar-refractivity contribution is 0.0702. The Balaban J connectivity index is 2.19. The van der Waals surface area contributed by atoms with Crippen molar-refractivity contribution in [1.29, 1.82) is 0 Å². The number of aliphatic hydroxyl groups is 1. The molecule has 0 aliphatic rings. The maximum atomic E-state index is 10.6. The highest BCUT2D eigenvalue weighted by atomic mass is 32.1. The van der Waals surface area contributed by atoms with Gasteiger partial charge in [-0.1, -0.05) is 0 Å². The highest BCUT2D eigenvalue weighted by molar-refractivity contribution is 7.13. The number of rotatable bonds is 7. The number of aromatic carboxylic acids is 1. The van der Waals surface area contributed by atoms with E-state index in [1.165, 1.54) is 11.3 Å². The molecule has 1 aromatic heterocycles. The number of hydrogen-bond acceptors (Lipinski definition) is 4. The summed E-state index contributed by atoms with van der Waals surface area (Å²) in [5, 5.41) is 21.0.